The smallest absolute Gasteiger partial charge is 0.0855 e. The Morgan fingerprint density at radius 1 is 1.29 bits per heavy atom. The van der Waals surface area contributed by atoms with E-state index in [4.69, 9.17) is 11.6 Å². The van der Waals surface area contributed by atoms with Crippen LogP contribution in [0.15, 0.2) is 29.8 Å². The molecule has 0 aliphatic carbocycles. The van der Waals surface area contributed by atoms with E-state index in [2.05, 4.69) is 36.2 Å². The van der Waals surface area contributed by atoms with Crippen molar-refractivity contribution < 1.29 is 0 Å². The van der Waals surface area contributed by atoms with Crippen LogP contribution in [0.1, 0.15) is 10.4 Å². The zero-order valence-corrected chi connectivity index (χ0v) is 9.40. The number of nitrogens with zero attached hydrogens (tertiary/aromatic N) is 1. The molecule has 0 amide bonds. The number of rotatable bonds is 2. The van der Waals surface area contributed by atoms with Crippen molar-refractivity contribution in [3.63, 3.8) is 0 Å². The minimum Gasteiger partial charge on any atom is -0.244 e. The van der Waals surface area contributed by atoms with E-state index in [1.54, 1.807) is 11.3 Å². The van der Waals surface area contributed by atoms with Crippen LogP contribution in [0.2, 0.25) is 0 Å². The fourth-order valence-electron chi connectivity index (χ4n) is 1.31. The first-order chi connectivity index (χ1) is 6.81. The summed E-state index contributed by atoms with van der Waals surface area (Å²) in [6.07, 6.45) is 0. The van der Waals surface area contributed by atoms with Gasteiger partial charge in [-0.2, -0.15) is 0 Å². The quantitative estimate of drug-likeness (QED) is 0.705. The number of benzene rings is 1. The first kappa shape index (κ1) is 9.69. The molecule has 0 aliphatic heterocycles. The summed E-state index contributed by atoms with van der Waals surface area (Å²) in [5.41, 5.74) is 5.27. The van der Waals surface area contributed by atoms with E-state index in [0.29, 0.717) is 5.88 Å². The van der Waals surface area contributed by atoms with Crippen LogP contribution in [0.3, 0.4) is 0 Å². The minimum absolute atomic E-state index is 0.536. The van der Waals surface area contributed by atoms with E-state index in [9.17, 15) is 0 Å². The molecule has 0 unspecified atom stereocenters. The average Bonchev–Trinajstić information content (AvgIpc) is 2.67. The molecule has 0 saturated heterocycles. The zero-order valence-electron chi connectivity index (χ0n) is 7.83. The fraction of sp³-hybridized carbons (Fsp3) is 0.182. The maximum absolute atomic E-state index is 5.83. The Kier molecular flexibility index (Phi) is 2.85. The molecule has 0 fully saturated rings. The number of halogens is 1. The van der Waals surface area contributed by atoms with Crippen LogP contribution in [0.5, 0.6) is 0 Å². The summed E-state index contributed by atoms with van der Waals surface area (Å²) in [5, 5.41) is 0. The van der Waals surface area contributed by atoms with Gasteiger partial charge in [0, 0.05) is 10.4 Å². The summed E-state index contributed by atoms with van der Waals surface area (Å²) in [5.74, 6) is 0.536. The Morgan fingerprint density at radius 2 is 2.00 bits per heavy atom. The van der Waals surface area contributed by atoms with Crippen molar-refractivity contribution in [2.24, 2.45) is 0 Å². The Bertz CT molecular complexity index is 419. The molecule has 0 saturated carbocycles. The number of hydrogen-bond acceptors (Lipinski definition) is 2. The van der Waals surface area contributed by atoms with Crippen LogP contribution in [0.25, 0.3) is 11.3 Å². The molecule has 0 bridgehead atoms. The normalized spacial score (nSPS) is 10.4. The van der Waals surface area contributed by atoms with Gasteiger partial charge in [-0.05, 0) is 6.92 Å². The van der Waals surface area contributed by atoms with Crippen molar-refractivity contribution in [1.82, 2.24) is 4.98 Å². The van der Waals surface area contributed by atoms with Crippen molar-refractivity contribution in [1.29, 1.82) is 0 Å². The highest BCUT2D eigenvalue weighted by molar-refractivity contribution is 7.10. The van der Waals surface area contributed by atoms with Gasteiger partial charge in [0.15, 0.2) is 0 Å². The van der Waals surface area contributed by atoms with E-state index >= 15 is 0 Å². The predicted octanol–water partition coefficient (Wildman–Crippen LogP) is 3.86. The van der Waals surface area contributed by atoms with Crippen LogP contribution in [0, 0.1) is 6.92 Å². The standard InChI is InChI=1S/C11H10ClNS/c1-8-2-4-9(5-3-8)11-10(6-12)14-7-13-11/h2-5,7H,6H2,1H3. The lowest BCUT2D eigenvalue weighted by molar-refractivity contribution is 1.35. The average molecular weight is 224 g/mol. The van der Waals surface area contributed by atoms with Crippen molar-refractivity contribution in [2.75, 3.05) is 0 Å². The lowest BCUT2D eigenvalue weighted by atomic mass is 10.1. The van der Waals surface area contributed by atoms with Crippen LogP contribution in [-0.2, 0) is 5.88 Å². The van der Waals surface area contributed by atoms with Crippen molar-refractivity contribution in [3.8, 4) is 11.3 Å². The van der Waals surface area contributed by atoms with E-state index in [1.165, 1.54) is 5.56 Å². The van der Waals surface area contributed by atoms with Gasteiger partial charge in [-0.3, -0.25) is 0 Å². The van der Waals surface area contributed by atoms with Gasteiger partial charge in [-0.25, -0.2) is 4.98 Å². The van der Waals surface area contributed by atoms with E-state index in [0.717, 1.165) is 16.1 Å². The lowest BCUT2D eigenvalue weighted by Gasteiger charge is -1.99. The topological polar surface area (TPSA) is 12.9 Å². The second-order valence-corrected chi connectivity index (χ2v) is 4.33. The predicted molar refractivity (Wildman–Crippen MR) is 61.8 cm³/mol. The molecule has 3 heteroatoms. The van der Waals surface area contributed by atoms with Gasteiger partial charge in [0.05, 0.1) is 17.1 Å². The monoisotopic (exact) mass is 223 g/mol. The molecule has 1 nitrogen and oxygen atoms in total. The Balaban J connectivity index is 2.44. The van der Waals surface area contributed by atoms with E-state index < -0.39 is 0 Å². The number of aryl methyl sites for hydroxylation is 1. The first-order valence-corrected chi connectivity index (χ1v) is 5.78. The van der Waals surface area contributed by atoms with Crippen molar-refractivity contribution in [2.45, 2.75) is 12.8 Å². The molecule has 1 aromatic carbocycles. The summed E-state index contributed by atoms with van der Waals surface area (Å²) in [7, 11) is 0. The zero-order chi connectivity index (χ0) is 9.97. The van der Waals surface area contributed by atoms with Crippen LogP contribution in [-0.4, -0.2) is 4.98 Å². The molecule has 1 heterocycles. The molecular weight excluding hydrogens is 214 g/mol. The molecule has 0 atom stereocenters. The highest BCUT2D eigenvalue weighted by atomic mass is 35.5. The van der Waals surface area contributed by atoms with Gasteiger partial charge in [-0.15, -0.1) is 22.9 Å². The van der Waals surface area contributed by atoms with E-state index in [1.807, 2.05) is 5.51 Å². The third-order valence-electron chi connectivity index (χ3n) is 2.09. The minimum atomic E-state index is 0.536. The second kappa shape index (κ2) is 4.11. The highest BCUT2D eigenvalue weighted by Gasteiger charge is 2.06. The van der Waals surface area contributed by atoms with Crippen molar-refractivity contribution >= 4 is 22.9 Å². The maximum Gasteiger partial charge on any atom is 0.0855 e. The SMILES string of the molecule is Cc1ccc(-c2ncsc2CCl)cc1. The van der Waals surface area contributed by atoms with Gasteiger partial charge < -0.3 is 0 Å². The van der Waals surface area contributed by atoms with Crippen LogP contribution in [0.4, 0.5) is 0 Å². The van der Waals surface area contributed by atoms with Gasteiger partial charge in [0.2, 0.25) is 0 Å². The molecule has 0 N–H and O–H groups in total. The number of thiazole rings is 1. The molecule has 2 aromatic rings. The molecule has 1 aromatic heterocycles. The summed E-state index contributed by atoms with van der Waals surface area (Å²) in [4.78, 5) is 5.46. The van der Waals surface area contributed by atoms with Gasteiger partial charge in [0.1, 0.15) is 0 Å². The highest BCUT2D eigenvalue weighted by Crippen LogP contribution is 2.26. The van der Waals surface area contributed by atoms with Crippen molar-refractivity contribution in [3.05, 3.63) is 40.2 Å². The fourth-order valence-corrected chi connectivity index (χ4v) is 2.26. The largest absolute Gasteiger partial charge is 0.244 e. The molecule has 14 heavy (non-hydrogen) atoms. The third-order valence-corrected chi connectivity index (χ3v) is 3.35. The summed E-state index contributed by atoms with van der Waals surface area (Å²) in [6, 6.07) is 8.35. The Hall–Kier alpha value is -0.860. The van der Waals surface area contributed by atoms with Gasteiger partial charge >= 0.3 is 0 Å². The van der Waals surface area contributed by atoms with Gasteiger partial charge in [0.25, 0.3) is 0 Å². The summed E-state index contributed by atoms with van der Waals surface area (Å²) >= 11 is 7.43. The summed E-state index contributed by atoms with van der Waals surface area (Å²) < 4.78 is 0. The molecule has 2 rings (SSSR count). The van der Waals surface area contributed by atoms with Crippen LogP contribution >= 0.6 is 22.9 Å². The summed E-state index contributed by atoms with van der Waals surface area (Å²) in [6.45, 7) is 2.08. The molecule has 72 valence electrons. The Labute approximate surface area is 92.4 Å². The molecule has 0 aliphatic rings. The van der Waals surface area contributed by atoms with Crippen LogP contribution < -0.4 is 0 Å². The maximum atomic E-state index is 5.83. The Morgan fingerprint density at radius 3 is 2.64 bits per heavy atom. The van der Waals surface area contributed by atoms with Gasteiger partial charge in [-0.1, -0.05) is 29.8 Å². The molecule has 0 radical (unpaired) electrons. The first-order valence-electron chi connectivity index (χ1n) is 4.36. The van der Waals surface area contributed by atoms with E-state index in [-0.39, 0.29) is 0 Å². The number of alkyl halides is 1. The number of aromatic nitrogens is 1. The molecular formula is C11H10ClNS. The number of hydrogen-bond donors (Lipinski definition) is 0. The second-order valence-electron chi connectivity index (χ2n) is 3.12. The third kappa shape index (κ3) is 1.81. The molecule has 0 spiro atoms. The lowest BCUT2D eigenvalue weighted by Crippen LogP contribution is -1.82.